The monoisotopic (exact) mass is 214 g/mol. The van der Waals surface area contributed by atoms with Crippen LogP contribution in [0.15, 0.2) is 5.38 Å². The standard InChI is InChI=1S/C8H14N4OS/c1-12-2-3-13-7(4-9)8(12)6-5-14-11-10-6/h5,7-8H,2-4,9H2,1H3. The number of nitrogens with two attached hydrogens (primary N) is 1. The predicted octanol–water partition coefficient (Wildman–Crippen LogP) is -0.132. The Morgan fingerprint density at radius 1 is 1.79 bits per heavy atom. The Morgan fingerprint density at radius 3 is 3.29 bits per heavy atom. The molecule has 0 bridgehead atoms. The van der Waals surface area contributed by atoms with Gasteiger partial charge in [-0.25, -0.2) is 0 Å². The maximum absolute atomic E-state index is 5.67. The first kappa shape index (κ1) is 9.97. The van der Waals surface area contributed by atoms with E-state index in [1.54, 1.807) is 0 Å². The number of ether oxygens (including phenoxy) is 1. The van der Waals surface area contributed by atoms with Crippen molar-refractivity contribution in [3.63, 3.8) is 0 Å². The van der Waals surface area contributed by atoms with Crippen molar-refractivity contribution in [2.45, 2.75) is 12.1 Å². The van der Waals surface area contributed by atoms with E-state index in [2.05, 4.69) is 21.5 Å². The first-order valence-corrected chi connectivity index (χ1v) is 5.45. The number of morpholine rings is 1. The van der Waals surface area contributed by atoms with Gasteiger partial charge in [-0.3, -0.25) is 4.90 Å². The molecule has 0 aliphatic carbocycles. The van der Waals surface area contributed by atoms with E-state index in [0.717, 1.165) is 18.8 Å². The van der Waals surface area contributed by atoms with Crippen LogP contribution >= 0.6 is 11.5 Å². The Labute approximate surface area is 87.0 Å². The highest BCUT2D eigenvalue weighted by atomic mass is 32.1. The molecule has 0 saturated carbocycles. The van der Waals surface area contributed by atoms with Crippen LogP contribution < -0.4 is 5.73 Å². The van der Waals surface area contributed by atoms with Gasteiger partial charge in [-0.05, 0) is 18.6 Å². The Balaban J connectivity index is 2.19. The molecule has 0 spiro atoms. The molecule has 1 aliphatic rings. The van der Waals surface area contributed by atoms with Crippen LogP contribution in [0, 0.1) is 0 Å². The number of hydrogen-bond acceptors (Lipinski definition) is 6. The van der Waals surface area contributed by atoms with E-state index in [1.807, 2.05) is 5.38 Å². The van der Waals surface area contributed by atoms with Gasteiger partial charge >= 0.3 is 0 Å². The summed E-state index contributed by atoms with van der Waals surface area (Å²) in [4.78, 5) is 2.22. The fraction of sp³-hybridized carbons (Fsp3) is 0.750. The lowest BCUT2D eigenvalue weighted by Gasteiger charge is -2.37. The third kappa shape index (κ3) is 1.78. The molecule has 0 aromatic carbocycles. The van der Waals surface area contributed by atoms with Crippen LogP contribution in [0.3, 0.4) is 0 Å². The summed E-state index contributed by atoms with van der Waals surface area (Å²) in [6.45, 7) is 2.18. The summed E-state index contributed by atoms with van der Waals surface area (Å²) >= 11 is 1.36. The highest BCUT2D eigenvalue weighted by molar-refractivity contribution is 7.03. The van der Waals surface area contributed by atoms with Crippen molar-refractivity contribution in [2.75, 3.05) is 26.7 Å². The predicted molar refractivity (Wildman–Crippen MR) is 54.1 cm³/mol. The summed E-state index contributed by atoms with van der Waals surface area (Å²) in [6, 6.07) is 0.160. The normalized spacial score (nSPS) is 29.3. The van der Waals surface area contributed by atoms with Gasteiger partial charge in [-0.15, -0.1) is 5.10 Å². The second kappa shape index (κ2) is 4.31. The molecule has 1 aromatic heterocycles. The molecule has 0 radical (unpaired) electrons. The Morgan fingerprint density at radius 2 is 2.64 bits per heavy atom. The molecule has 2 N–H and O–H groups in total. The first-order valence-electron chi connectivity index (χ1n) is 4.62. The highest BCUT2D eigenvalue weighted by Crippen LogP contribution is 2.26. The second-order valence-electron chi connectivity index (χ2n) is 3.40. The Bertz CT molecular complexity index is 279. The molecule has 6 heteroatoms. The minimum Gasteiger partial charge on any atom is -0.374 e. The van der Waals surface area contributed by atoms with E-state index in [1.165, 1.54) is 11.5 Å². The molecule has 2 unspecified atom stereocenters. The van der Waals surface area contributed by atoms with Crippen LogP contribution in [0.4, 0.5) is 0 Å². The van der Waals surface area contributed by atoms with Crippen molar-refractivity contribution >= 4 is 11.5 Å². The van der Waals surface area contributed by atoms with E-state index >= 15 is 0 Å². The summed E-state index contributed by atoms with van der Waals surface area (Å²) in [7, 11) is 2.06. The Kier molecular flexibility index (Phi) is 3.07. The van der Waals surface area contributed by atoms with E-state index in [-0.39, 0.29) is 12.1 Å². The lowest BCUT2D eigenvalue weighted by molar-refractivity contribution is -0.0590. The number of hydrogen-bond donors (Lipinski definition) is 1. The van der Waals surface area contributed by atoms with Gasteiger partial charge in [0.15, 0.2) is 0 Å². The number of aromatic nitrogens is 2. The molecule has 1 aliphatic heterocycles. The van der Waals surface area contributed by atoms with Crippen LogP contribution in [0.1, 0.15) is 11.7 Å². The maximum Gasteiger partial charge on any atom is 0.0953 e. The van der Waals surface area contributed by atoms with Gasteiger partial charge in [0.25, 0.3) is 0 Å². The molecule has 1 saturated heterocycles. The molecular formula is C8H14N4OS. The molecule has 0 amide bonds. The van der Waals surface area contributed by atoms with Gasteiger partial charge in [0.05, 0.1) is 24.4 Å². The van der Waals surface area contributed by atoms with E-state index in [9.17, 15) is 0 Å². The van der Waals surface area contributed by atoms with Gasteiger partial charge in [0.1, 0.15) is 0 Å². The number of rotatable bonds is 2. The third-order valence-corrected chi connectivity index (χ3v) is 3.04. The molecule has 78 valence electrons. The average molecular weight is 214 g/mol. The van der Waals surface area contributed by atoms with Crippen molar-refractivity contribution in [3.8, 4) is 0 Å². The molecule has 14 heavy (non-hydrogen) atoms. The van der Waals surface area contributed by atoms with Gasteiger partial charge in [-0.1, -0.05) is 4.49 Å². The molecule has 1 fully saturated rings. The quantitative estimate of drug-likeness (QED) is 0.743. The topological polar surface area (TPSA) is 64.3 Å². The van der Waals surface area contributed by atoms with Gasteiger partial charge in [0.2, 0.25) is 0 Å². The Hall–Kier alpha value is -0.560. The van der Waals surface area contributed by atoms with Crippen molar-refractivity contribution in [2.24, 2.45) is 5.73 Å². The van der Waals surface area contributed by atoms with Crippen molar-refractivity contribution in [1.29, 1.82) is 0 Å². The summed E-state index contributed by atoms with van der Waals surface area (Å²) < 4.78 is 9.47. The fourth-order valence-electron chi connectivity index (χ4n) is 1.78. The molecular weight excluding hydrogens is 200 g/mol. The van der Waals surface area contributed by atoms with E-state index in [0.29, 0.717) is 6.54 Å². The molecule has 1 aromatic rings. The molecule has 2 heterocycles. The third-order valence-electron chi connectivity index (χ3n) is 2.52. The fourth-order valence-corrected chi connectivity index (χ4v) is 2.26. The summed E-state index contributed by atoms with van der Waals surface area (Å²) in [5, 5.41) is 6.04. The van der Waals surface area contributed by atoms with Crippen LogP contribution in [0.2, 0.25) is 0 Å². The van der Waals surface area contributed by atoms with Gasteiger partial charge in [-0.2, -0.15) is 0 Å². The van der Waals surface area contributed by atoms with Crippen LogP contribution in [0.25, 0.3) is 0 Å². The largest absolute Gasteiger partial charge is 0.374 e. The lowest BCUT2D eigenvalue weighted by Crippen LogP contribution is -2.46. The number of likely N-dealkylation sites (N-methyl/N-ethyl adjacent to an activating group) is 1. The molecule has 5 nitrogen and oxygen atoms in total. The lowest BCUT2D eigenvalue weighted by atomic mass is 10.1. The summed E-state index contributed by atoms with van der Waals surface area (Å²) in [6.07, 6.45) is 0.0395. The summed E-state index contributed by atoms with van der Waals surface area (Å²) in [5.41, 5.74) is 6.63. The first-order chi connectivity index (χ1) is 6.83. The number of nitrogens with zero attached hydrogens (tertiary/aromatic N) is 3. The van der Waals surface area contributed by atoms with Crippen LogP contribution in [-0.2, 0) is 4.74 Å². The maximum atomic E-state index is 5.67. The average Bonchev–Trinajstić information content (AvgIpc) is 2.70. The highest BCUT2D eigenvalue weighted by Gasteiger charge is 2.32. The second-order valence-corrected chi connectivity index (χ2v) is 4.01. The van der Waals surface area contributed by atoms with E-state index < -0.39 is 0 Å². The zero-order chi connectivity index (χ0) is 9.97. The molecule has 2 atom stereocenters. The minimum absolute atomic E-state index is 0.0395. The van der Waals surface area contributed by atoms with Crippen molar-refractivity contribution < 1.29 is 4.74 Å². The minimum atomic E-state index is 0.0395. The SMILES string of the molecule is CN1CCOC(CN)C1c1csnn1. The summed E-state index contributed by atoms with van der Waals surface area (Å²) in [5.74, 6) is 0. The van der Waals surface area contributed by atoms with Crippen LogP contribution in [0.5, 0.6) is 0 Å². The van der Waals surface area contributed by atoms with Crippen molar-refractivity contribution in [1.82, 2.24) is 14.5 Å². The van der Waals surface area contributed by atoms with Gasteiger partial charge < -0.3 is 10.5 Å². The zero-order valence-electron chi connectivity index (χ0n) is 8.09. The smallest absolute Gasteiger partial charge is 0.0953 e. The van der Waals surface area contributed by atoms with Crippen molar-refractivity contribution in [3.05, 3.63) is 11.1 Å². The molecule has 2 rings (SSSR count). The van der Waals surface area contributed by atoms with Gasteiger partial charge in [0, 0.05) is 18.5 Å². The van der Waals surface area contributed by atoms with Crippen LogP contribution in [-0.4, -0.2) is 47.3 Å². The zero-order valence-corrected chi connectivity index (χ0v) is 8.91. The van der Waals surface area contributed by atoms with E-state index in [4.69, 9.17) is 10.5 Å².